The van der Waals surface area contributed by atoms with Gasteiger partial charge in [0.05, 0.1) is 17.2 Å². The molecule has 0 spiro atoms. The van der Waals surface area contributed by atoms with E-state index >= 15 is 0 Å². The van der Waals surface area contributed by atoms with Crippen LogP contribution in [0, 0.1) is 0 Å². The smallest absolute Gasteiger partial charge is 0.221 e. The Labute approximate surface area is 160 Å². The zero-order chi connectivity index (χ0) is 16.7. The Balaban J connectivity index is 1.83. The van der Waals surface area contributed by atoms with Crippen LogP contribution in [0.2, 0.25) is 0 Å². The van der Waals surface area contributed by atoms with Crippen LogP contribution in [0.3, 0.4) is 0 Å². The van der Waals surface area contributed by atoms with E-state index in [1.165, 1.54) is 0 Å². The van der Waals surface area contributed by atoms with Crippen molar-refractivity contribution in [3.8, 4) is 5.88 Å². The van der Waals surface area contributed by atoms with Crippen molar-refractivity contribution in [1.82, 2.24) is 4.57 Å². The summed E-state index contributed by atoms with van der Waals surface area (Å²) in [5.41, 5.74) is 2.25. The van der Waals surface area contributed by atoms with Gasteiger partial charge in [-0.05, 0) is 42.5 Å². The number of halogens is 2. The van der Waals surface area contributed by atoms with E-state index in [1.54, 1.807) is 0 Å². The fourth-order valence-corrected chi connectivity index (χ4v) is 4.08. The van der Waals surface area contributed by atoms with Crippen LogP contribution in [0.5, 0.6) is 5.88 Å². The first-order valence-electron chi connectivity index (χ1n) is 7.41. The summed E-state index contributed by atoms with van der Waals surface area (Å²) in [6.45, 7) is 0. The van der Waals surface area contributed by atoms with E-state index in [0.29, 0.717) is 11.7 Å². The van der Waals surface area contributed by atoms with Crippen molar-refractivity contribution in [3.63, 3.8) is 0 Å². The highest BCUT2D eigenvalue weighted by molar-refractivity contribution is 9.10. The van der Waals surface area contributed by atoms with Gasteiger partial charge in [-0.3, -0.25) is 0 Å². The van der Waals surface area contributed by atoms with Gasteiger partial charge < -0.3 is 9.67 Å². The molecule has 3 aromatic rings. The molecular formula is C17H13Br2N3OS. The van der Waals surface area contributed by atoms with Gasteiger partial charge in [0.2, 0.25) is 5.88 Å². The number of thioether (sulfide) groups is 1. The van der Waals surface area contributed by atoms with E-state index in [9.17, 15) is 5.11 Å². The lowest BCUT2D eigenvalue weighted by Gasteiger charge is -2.27. The summed E-state index contributed by atoms with van der Waals surface area (Å²) in [7, 11) is 0. The molecule has 2 heterocycles. The minimum Gasteiger partial charge on any atom is -0.493 e. The first-order valence-corrected chi connectivity index (χ1v) is 10.1. The number of azo groups is 1. The molecule has 24 heavy (non-hydrogen) atoms. The van der Waals surface area contributed by atoms with Crippen LogP contribution >= 0.6 is 43.6 Å². The minimum absolute atomic E-state index is 0.189. The number of benzene rings is 2. The van der Waals surface area contributed by atoms with Crippen molar-refractivity contribution in [3.05, 3.63) is 51.4 Å². The molecule has 0 unspecified atom stereocenters. The van der Waals surface area contributed by atoms with Crippen molar-refractivity contribution >= 4 is 65.9 Å². The molecule has 0 atom stereocenters. The molecule has 0 saturated carbocycles. The first kappa shape index (κ1) is 16.2. The molecule has 7 heteroatoms. The fraction of sp³-hybridized carbons (Fsp3) is 0.176. The van der Waals surface area contributed by atoms with E-state index in [2.05, 4.69) is 42.1 Å². The van der Waals surface area contributed by atoms with Crippen LogP contribution in [0.1, 0.15) is 6.04 Å². The Morgan fingerprint density at radius 3 is 2.38 bits per heavy atom. The van der Waals surface area contributed by atoms with Crippen molar-refractivity contribution in [2.24, 2.45) is 10.2 Å². The van der Waals surface area contributed by atoms with Crippen LogP contribution in [0.4, 0.5) is 11.4 Å². The molecule has 1 aliphatic heterocycles. The van der Waals surface area contributed by atoms with Gasteiger partial charge in [-0.15, -0.1) is 5.11 Å². The molecule has 1 aromatic heterocycles. The van der Waals surface area contributed by atoms with Crippen LogP contribution in [0.15, 0.2) is 61.6 Å². The summed E-state index contributed by atoms with van der Waals surface area (Å²) in [6, 6.07) is 13.9. The number of nitrogens with zero attached hydrogens (tertiary/aromatic N) is 3. The lowest BCUT2D eigenvalue weighted by Crippen LogP contribution is -2.22. The number of hydrogen-bond acceptors (Lipinski definition) is 4. The van der Waals surface area contributed by atoms with Gasteiger partial charge in [0.25, 0.3) is 0 Å². The minimum atomic E-state index is 0.189. The largest absolute Gasteiger partial charge is 0.493 e. The molecule has 4 rings (SSSR count). The quantitative estimate of drug-likeness (QED) is 0.443. The molecule has 0 aliphatic carbocycles. The second-order valence-electron chi connectivity index (χ2n) is 5.57. The standard InChI is InChI=1S/C17H13Br2N3OS/c18-10-1-4-12(5-2-10)20-21-16-14-7-11(19)3-6-15(14)22(17(16)23)13-8-24-9-13/h1-7,13,23H,8-9H2. The van der Waals surface area contributed by atoms with Crippen molar-refractivity contribution in [1.29, 1.82) is 0 Å². The molecule has 2 aromatic carbocycles. The van der Waals surface area contributed by atoms with Gasteiger partial charge in [0, 0.05) is 25.8 Å². The van der Waals surface area contributed by atoms with Crippen LogP contribution < -0.4 is 0 Å². The molecule has 0 radical (unpaired) electrons. The SMILES string of the molecule is Oc1c(N=Nc2ccc(Br)cc2)c2cc(Br)ccc2n1C1CSC1. The lowest BCUT2D eigenvalue weighted by molar-refractivity contribution is 0.406. The van der Waals surface area contributed by atoms with Crippen molar-refractivity contribution < 1.29 is 5.11 Å². The van der Waals surface area contributed by atoms with Gasteiger partial charge in [-0.1, -0.05) is 31.9 Å². The maximum atomic E-state index is 10.7. The number of fused-ring (bicyclic) bond motifs is 1. The van der Waals surface area contributed by atoms with E-state index in [-0.39, 0.29) is 5.88 Å². The second kappa shape index (κ2) is 6.54. The van der Waals surface area contributed by atoms with E-state index in [1.807, 2.05) is 58.8 Å². The third-order valence-electron chi connectivity index (χ3n) is 3.99. The van der Waals surface area contributed by atoms with Crippen LogP contribution in [-0.2, 0) is 0 Å². The average molecular weight is 467 g/mol. The third kappa shape index (κ3) is 2.89. The highest BCUT2D eigenvalue weighted by atomic mass is 79.9. The first-order chi connectivity index (χ1) is 11.6. The van der Waals surface area contributed by atoms with Crippen LogP contribution in [-0.4, -0.2) is 21.2 Å². The summed E-state index contributed by atoms with van der Waals surface area (Å²) in [5.74, 6) is 2.21. The number of rotatable bonds is 3. The molecule has 4 nitrogen and oxygen atoms in total. The highest BCUT2D eigenvalue weighted by Crippen LogP contribution is 2.45. The maximum absolute atomic E-state index is 10.7. The molecule has 0 bridgehead atoms. The fourth-order valence-electron chi connectivity index (χ4n) is 2.71. The van der Waals surface area contributed by atoms with Gasteiger partial charge in [-0.2, -0.15) is 16.9 Å². The Hall–Kier alpha value is -1.31. The average Bonchev–Trinajstić information content (AvgIpc) is 2.78. The summed E-state index contributed by atoms with van der Waals surface area (Å²) in [4.78, 5) is 0. The summed E-state index contributed by atoms with van der Waals surface area (Å²) in [5, 5.41) is 20.3. The van der Waals surface area contributed by atoms with Gasteiger partial charge in [-0.25, -0.2) is 0 Å². The summed E-state index contributed by atoms with van der Waals surface area (Å²) in [6.07, 6.45) is 0. The second-order valence-corrected chi connectivity index (χ2v) is 8.48. The highest BCUT2D eigenvalue weighted by Gasteiger charge is 2.27. The van der Waals surface area contributed by atoms with Gasteiger partial charge >= 0.3 is 0 Å². The number of hydrogen-bond donors (Lipinski definition) is 1. The third-order valence-corrected chi connectivity index (χ3v) is 6.25. The topological polar surface area (TPSA) is 49.9 Å². The molecule has 0 amide bonds. The van der Waals surface area contributed by atoms with Crippen molar-refractivity contribution in [2.75, 3.05) is 11.5 Å². The normalized spacial score (nSPS) is 15.2. The van der Waals surface area contributed by atoms with E-state index < -0.39 is 0 Å². The Kier molecular flexibility index (Phi) is 4.40. The maximum Gasteiger partial charge on any atom is 0.221 e. The summed E-state index contributed by atoms with van der Waals surface area (Å²) < 4.78 is 3.93. The molecule has 1 N–H and O–H groups in total. The monoisotopic (exact) mass is 465 g/mol. The van der Waals surface area contributed by atoms with Crippen LogP contribution in [0.25, 0.3) is 10.9 Å². The predicted octanol–water partition coefficient (Wildman–Crippen LogP) is 6.58. The number of aromatic nitrogens is 1. The molecular weight excluding hydrogens is 454 g/mol. The van der Waals surface area contributed by atoms with Gasteiger partial charge in [0.1, 0.15) is 0 Å². The van der Waals surface area contributed by atoms with Gasteiger partial charge in [0.15, 0.2) is 5.69 Å². The number of aromatic hydroxyl groups is 1. The Morgan fingerprint density at radius 1 is 1.00 bits per heavy atom. The van der Waals surface area contributed by atoms with E-state index in [4.69, 9.17) is 0 Å². The molecule has 1 saturated heterocycles. The Morgan fingerprint density at radius 2 is 1.71 bits per heavy atom. The predicted molar refractivity (Wildman–Crippen MR) is 106 cm³/mol. The zero-order valence-corrected chi connectivity index (χ0v) is 16.5. The Bertz CT molecular complexity index is 933. The zero-order valence-electron chi connectivity index (χ0n) is 12.5. The van der Waals surface area contributed by atoms with E-state index in [0.717, 1.165) is 37.0 Å². The molecule has 122 valence electrons. The molecule has 1 aliphatic rings. The lowest BCUT2D eigenvalue weighted by atomic mass is 10.2. The van der Waals surface area contributed by atoms with Crippen molar-refractivity contribution in [2.45, 2.75) is 6.04 Å². The molecule has 1 fully saturated rings. The summed E-state index contributed by atoms with van der Waals surface area (Å²) >= 11 is 8.79.